The molecule has 0 radical (unpaired) electrons. The first-order valence-electron chi connectivity index (χ1n) is 9.95. The number of carbonyl (C=O) groups is 2. The summed E-state index contributed by atoms with van der Waals surface area (Å²) in [6.45, 7) is 7.73. The highest BCUT2D eigenvalue weighted by Gasteiger charge is 2.29. The molecule has 2 amide bonds. The Bertz CT molecular complexity index is 887. The van der Waals surface area contributed by atoms with Crippen molar-refractivity contribution in [3.05, 3.63) is 63.6 Å². The second-order valence-electron chi connectivity index (χ2n) is 7.40. The van der Waals surface area contributed by atoms with Crippen LogP contribution in [0.4, 0.5) is 0 Å². The summed E-state index contributed by atoms with van der Waals surface area (Å²) in [5, 5.41) is 3.72. The number of nitrogens with one attached hydrogen (secondary N) is 1. The number of carbonyl (C=O) groups excluding carboxylic acids is 2. The lowest BCUT2D eigenvalue weighted by Crippen LogP contribution is -2.51. The smallest absolute Gasteiger partial charge is 0.261 e. The number of benzene rings is 2. The van der Waals surface area contributed by atoms with Crippen LogP contribution in [0.5, 0.6) is 5.75 Å². The fourth-order valence-electron chi connectivity index (χ4n) is 3.09. The first-order chi connectivity index (χ1) is 14.2. The van der Waals surface area contributed by atoms with Crippen molar-refractivity contribution in [3.8, 4) is 5.75 Å². The third-order valence-corrected chi connectivity index (χ3v) is 5.19. The summed E-state index contributed by atoms with van der Waals surface area (Å²) in [5.74, 6) is -0.112. The average molecular weight is 451 g/mol. The Morgan fingerprint density at radius 2 is 1.83 bits per heavy atom. The van der Waals surface area contributed by atoms with Crippen molar-refractivity contribution >= 4 is 35.0 Å². The third kappa shape index (κ3) is 6.64. The zero-order valence-corrected chi connectivity index (χ0v) is 19.3. The third-order valence-electron chi connectivity index (χ3n) is 4.66. The zero-order chi connectivity index (χ0) is 22.3. The predicted octanol–water partition coefficient (Wildman–Crippen LogP) is 5.01. The molecule has 7 heteroatoms. The molecule has 5 nitrogen and oxygen atoms in total. The van der Waals surface area contributed by atoms with Gasteiger partial charge < -0.3 is 15.0 Å². The van der Waals surface area contributed by atoms with Gasteiger partial charge in [0.15, 0.2) is 6.61 Å². The number of nitrogens with zero attached hydrogens (tertiary/aromatic N) is 1. The average Bonchev–Trinajstić information content (AvgIpc) is 2.67. The number of hydrogen-bond donors (Lipinski definition) is 1. The fraction of sp³-hybridized carbons (Fsp3) is 0.391. The van der Waals surface area contributed by atoms with E-state index in [-0.39, 0.29) is 24.5 Å². The van der Waals surface area contributed by atoms with E-state index in [1.807, 2.05) is 52.0 Å². The van der Waals surface area contributed by atoms with Gasteiger partial charge in [-0.2, -0.15) is 0 Å². The minimum absolute atomic E-state index is 0.0221. The lowest BCUT2D eigenvalue weighted by molar-refractivity contribution is -0.143. The fourth-order valence-corrected chi connectivity index (χ4v) is 3.55. The molecule has 1 atom stereocenters. The van der Waals surface area contributed by atoms with Gasteiger partial charge >= 0.3 is 0 Å². The molecule has 0 spiro atoms. The summed E-state index contributed by atoms with van der Waals surface area (Å²) in [7, 11) is 0. The Hall–Kier alpha value is -2.24. The van der Waals surface area contributed by atoms with Crippen molar-refractivity contribution in [3.63, 3.8) is 0 Å². The maximum absolute atomic E-state index is 13.2. The Balaban J connectivity index is 2.25. The Morgan fingerprint density at radius 1 is 1.13 bits per heavy atom. The molecule has 0 aliphatic carbocycles. The van der Waals surface area contributed by atoms with Gasteiger partial charge in [0.05, 0.1) is 5.02 Å². The zero-order valence-electron chi connectivity index (χ0n) is 17.7. The number of ether oxygens (including phenoxy) is 1. The van der Waals surface area contributed by atoms with Crippen molar-refractivity contribution in [1.29, 1.82) is 0 Å². The highest BCUT2D eigenvalue weighted by molar-refractivity contribution is 6.35. The molecule has 30 heavy (non-hydrogen) atoms. The molecule has 0 saturated carbocycles. The van der Waals surface area contributed by atoms with Crippen LogP contribution in [0.1, 0.15) is 38.3 Å². The van der Waals surface area contributed by atoms with Crippen LogP contribution >= 0.6 is 23.2 Å². The molecular formula is C23H28Cl2N2O3. The van der Waals surface area contributed by atoms with Crippen molar-refractivity contribution in [1.82, 2.24) is 10.2 Å². The summed E-state index contributed by atoms with van der Waals surface area (Å²) in [4.78, 5) is 27.5. The van der Waals surface area contributed by atoms with Crippen LogP contribution in [0.25, 0.3) is 0 Å². The predicted molar refractivity (Wildman–Crippen MR) is 121 cm³/mol. The maximum Gasteiger partial charge on any atom is 0.261 e. The van der Waals surface area contributed by atoms with Gasteiger partial charge in [0.1, 0.15) is 11.8 Å². The van der Waals surface area contributed by atoms with Crippen LogP contribution in [0.3, 0.4) is 0 Å². The van der Waals surface area contributed by atoms with Crippen LogP contribution in [0.15, 0.2) is 42.5 Å². The molecule has 1 N–H and O–H groups in total. The molecule has 0 fully saturated rings. The number of halogens is 2. The Labute approximate surface area is 188 Å². The minimum Gasteiger partial charge on any atom is -0.482 e. The van der Waals surface area contributed by atoms with E-state index in [9.17, 15) is 9.59 Å². The molecule has 1 unspecified atom stereocenters. The van der Waals surface area contributed by atoms with E-state index < -0.39 is 6.04 Å². The first-order valence-corrected chi connectivity index (χ1v) is 10.7. The van der Waals surface area contributed by atoms with Gasteiger partial charge in [0.25, 0.3) is 5.91 Å². The van der Waals surface area contributed by atoms with Crippen molar-refractivity contribution < 1.29 is 14.3 Å². The highest BCUT2D eigenvalue weighted by atomic mass is 35.5. The SMILES string of the molecule is CCC(C(=O)NC(C)C)N(Cc1ccccc1C)C(=O)COc1ccc(Cl)cc1Cl. The van der Waals surface area contributed by atoms with E-state index in [1.54, 1.807) is 23.1 Å². The molecule has 0 aliphatic rings. The molecule has 2 rings (SSSR count). The van der Waals surface area contributed by atoms with E-state index >= 15 is 0 Å². The van der Waals surface area contributed by atoms with Gasteiger partial charge in [-0.15, -0.1) is 0 Å². The second kappa shape index (κ2) is 11.2. The molecule has 0 aliphatic heterocycles. The summed E-state index contributed by atoms with van der Waals surface area (Å²) in [5.41, 5.74) is 2.03. The lowest BCUT2D eigenvalue weighted by Gasteiger charge is -2.31. The van der Waals surface area contributed by atoms with Gasteiger partial charge in [-0.05, 0) is 56.5 Å². The Morgan fingerprint density at radius 3 is 2.43 bits per heavy atom. The summed E-state index contributed by atoms with van der Waals surface area (Å²) >= 11 is 12.1. The summed E-state index contributed by atoms with van der Waals surface area (Å²) in [6, 6.07) is 12.0. The standard InChI is InChI=1S/C23H28Cl2N2O3/c1-5-20(23(29)26-15(2)3)27(13-17-9-7-6-8-16(17)4)22(28)14-30-21-11-10-18(24)12-19(21)25/h6-12,15,20H,5,13-14H2,1-4H3,(H,26,29). The lowest BCUT2D eigenvalue weighted by atomic mass is 10.1. The molecule has 0 bridgehead atoms. The normalized spacial score (nSPS) is 11.8. The van der Waals surface area contributed by atoms with Gasteiger partial charge in [0.2, 0.25) is 5.91 Å². The van der Waals surface area contributed by atoms with Gasteiger partial charge in [-0.25, -0.2) is 0 Å². The van der Waals surface area contributed by atoms with Crippen LogP contribution < -0.4 is 10.1 Å². The quantitative estimate of drug-likeness (QED) is 0.583. The van der Waals surface area contributed by atoms with Crippen molar-refractivity contribution in [2.45, 2.75) is 52.7 Å². The maximum atomic E-state index is 13.2. The summed E-state index contributed by atoms with van der Waals surface area (Å²) < 4.78 is 5.64. The summed E-state index contributed by atoms with van der Waals surface area (Å²) in [6.07, 6.45) is 0.484. The highest BCUT2D eigenvalue weighted by Crippen LogP contribution is 2.27. The molecule has 0 saturated heterocycles. The molecule has 2 aromatic carbocycles. The molecule has 0 aromatic heterocycles. The molecule has 2 aromatic rings. The van der Waals surface area contributed by atoms with E-state index in [2.05, 4.69) is 5.32 Å². The van der Waals surface area contributed by atoms with Crippen molar-refractivity contribution in [2.24, 2.45) is 0 Å². The van der Waals surface area contributed by atoms with Gasteiger partial charge in [0, 0.05) is 17.6 Å². The van der Waals surface area contributed by atoms with Crippen molar-refractivity contribution in [2.75, 3.05) is 6.61 Å². The van der Waals surface area contributed by atoms with E-state index in [0.717, 1.165) is 11.1 Å². The Kier molecular flexibility index (Phi) is 9.00. The number of rotatable bonds is 9. The first kappa shape index (κ1) is 24.0. The largest absolute Gasteiger partial charge is 0.482 e. The molecule has 162 valence electrons. The van der Waals surface area contributed by atoms with E-state index in [0.29, 0.717) is 28.8 Å². The van der Waals surface area contributed by atoms with Crippen LogP contribution in [-0.2, 0) is 16.1 Å². The van der Waals surface area contributed by atoms with E-state index in [1.165, 1.54) is 0 Å². The number of aryl methyl sites for hydroxylation is 1. The number of hydrogen-bond acceptors (Lipinski definition) is 3. The minimum atomic E-state index is -0.608. The van der Waals surface area contributed by atoms with Crippen LogP contribution in [-0.4, -0.2) is 35.4 Å². The monoisotopic (exact) mass is 450 g/mol. The van der Waals surface area contributed by atoms with Crippen LogP contribution in [0, 0.1) is 6.92 Å². The van der Waals surface area contributed by atoms with Crippen LogP contribution in [0.2, 0.25) is 10.0 Å². The van der Waals surface area contributed by atoms with Gasteiger partial charge in [-0.1, -0.05) is 54.4 Å². The van der Waals surface area contributed by atoms with Gasteiger partial charge in [-0.3, -0.25) is 9.59 Å². The second-order valence-corrected chi connectivity index (χ2v) is 8.24. The molecular weight excluding hydrogens is 423 g/mol. The number of amides is 2. The molecule has 0 heterocycles. The topological polar surface area (TPSA) is 58.6 Å². The van der Waals surface area contributed by atoms with E-state index in [4.69, 9.17) is 27.9 Å².